The Bertz CT molecular complexity index is 614. The number of primary amides is 1. The van der Waals surface area contributed by atoms with Crippen LogP contribution in [0.1, 0.15) is 23.8 Å². The van der Waals surface area contributed by atoms with Gasteiger partial charge in [-0.05, 0) is 24.9 Å². The van der Waals surface area contributed by atoms with Crippen LogP contribution in [0, 0.1) is 5.92 Å². The van der Waals surface area contributed by atoms with Crippen LogP contribution in [0.5, 0.6) is 0 Å². The second kappa shape index (κ2) is 6.78. The number of nitrogens with one attached hydrogen (secondary N) is 2. The number of sulfonamides is 1. The Labute approximate surface area is 130 Å². The van der Waals surface area contributed by atoms with Crippen molar-refractivity contribution in [1.82, 2.24) is 14.6 Å². The van der Waals surface area contributed by atoms with Gasteiger partial charge in [-0.3, -0.25) is 4.79 Å². The zero-order valence-corrected chi connectivity index (χ0v) is 13.6. The molecule has 1 aliphatic rings. The smallest absolute Gasteiger partial charge is 0.265 e. The molecule has 9 heteroatoms. The number of carbonyl (C=O) groups is 1. The molecule has 2 heterocycles. The van der Waals surface area contributed by atoms with Gasteiger partial charge in [0.15, 0.2) is 0 Å². The van der Waals surface area contributed by atoms with E-state index in [2.05, 4.69) is 10.0 Å². The summed E-state index contributed by atoms with van der Waals surface area (Å²) in [4.78, 5) is 11.2. The van der Waals surface area contributed by atoms with E-state index in [1.54, 1.807) is 7.05 Å². The highest BCUT2D eigenvalue weighted by Gasteiger charge is 2.28. The maximum atomic E-state index is 12.3. The van der Waals surface area contributed by atoms with Crippen LogP contribution in [-0.4, -0.2) is 38.0 Å². The summed E-state index contributed by atoms with van der Waals surface area (Å²) in [5.74, 6) is -0.382. The molecule has 120 valence electrons. The second-order valence-electron chi connectivity index (χ2n) is 5.23. The van der Waals surface area contributed by atoms with Crippen LogP contribution in [0.4, 0.5) is 0 Å². The molecule has 0 aromatic carbocycles. The van der Waals surface area contributed by atoms with Crippen LogP contribution in [0.25, 0.3) is 0 Å². The van der Waals surface area contributed by atoms with E-state index in [4.69, 9.17) is 5.73 Å². The van der Waals surface area contributed by atoms with Crippen molar-refractivity contribution >= 4 is 28.3 Å². The van der Waals surface area contributed by atoms with Crippen molar-refractivity contribution in [3.05, 3.63) is 18.0 Å². The largest absolute Gasteiger partial charge is 0.364 e. The lowest BCUT2D eigenvalue weighted by atomic mass is 9.96. The van der Waals surface area contributed by atoms with Crippen LogP contribution >= 0.6 is 12.4 Å². The lowest BCUT2D eigenvalue weighted by Gasteiger charge is -2.29. The Morgan fingerprint density at radius 3 is 2.71 bits per heavy atom. The van der Waals surface area contributed by atoms with E-state index in [-0.39, 0.29) is 35.0 Å². The van der Waals surface area contributed by atoms with Gasteiger partial charge in [0, 0.05) is 25.8 Å². The topological polar surface area (TPSA) is 106 Å². The van der Waals surface area contributed by atoms with Crippen molar-refractivity contribution in [2.75, 3.05) is 13.1 Å². The average Bonchev–Trinajstić information content (AvgIpc) is 2.75. The van der Waals surface area contributed by atoms with Gasteiger partial charge in [0.25, 0.3) is 5.91 Å². The van der Waals surface area contributed by atoms with E-state index in [1.165, 1.54) is 16.8 Å². The van der Waals surface area contributed by atoms with Crippen molar-refractivity contribution in [1.29, 1.82) is 0 Å². The molecule has 1 aliphatic heterocycles. The lowest BCUT2D eigenvalue weighted by Crippen LogP contribution is -2.50. The molecule has 1 aromatic rings. The molecule has 0 bridgehead atoms. The fourth-order valence-electron chi connectivity index (χ4n) is 2.34. The number of carbonyl (C=O) groups excluding carboxylic acids is 1. The highest BCUT2D eigenvalue weighted by atomic mass is 35.5. The predicted molar refractivity (Wildman–Crippen MR) is 81.9 cm³/mol. The maximum absolute atomic E-state index is 12.3. The summed E-state index contributed by atoms with van der Waals surface area (Å²) < 4.78 is 28.8. The first-order chi connectivity index (χ1) is 9.31. The lowest BCUT2D eigenvalue weighted by molar-refractivity contribution is 0.0992. The molecular formula is C12H21ClN4O3S. The molecule has 7 nitrogen and oxygen atoms in total. The molecule has 1 fully saturated rings. The number of hydrogen-bond acceptors (Lipinski definition) is 4. The molecule has 2 unspecified atom stereocenters. The van der Waals surface area contributed by atoms with Crippen molar-refractivity contribution in [2.45, 2.75) is 24.3 Å². The first-order valence-electron chi connectivity index (χ1n) is 6.50. The van der Waals surface area contributed by atoms with Crippen LogP contribution in [-0.2, 0) is 17.1 Å². The van der Waals surface area contributed by atoms with E-state index in [0.717, 1.165) is 13.0 Å². The molecule has 4 N–H and O–H groups in total. The van der Waals surface area contributed by atoms with Crippen molar-refractivity contribution in [3.63, 3.8) is 0 Å². The zero-order chi connectivity index (χ0) is 14.9. The Morgan fingerprint density at radius 2 is 2.19 bits per heavy atom. The molecule has 21 heavy (non-hydrogen) atoms. The SMILES string of the molecule is CC1CCNCC1NS(=O)(=O)c1cc(C(N)=O)n(C)c1.Cl. The Hall–Kier alpha value is -1.09. The van der Waals surface area contributed by atoms with Crippen LogP contribution < -0.4 is 15.8 Å². The summed E-state index contributed by atoms with van der Waals surface area (Å²) in [5, 5.41) is 3.17. The van der Waals surface area contributed by atoms with E-state index in [1.807, 2.05) is 6.92 Å². The van der Waals surface area contributed by atoms with Gasteiger partial charge in [0.1, 0.15) is 10.6 Å². The molecule has 2 atom stereocenters. The van der Waals surface area contributed by atoms with Gasteiger partial charge in [0.2, 0.25) is 10.0 Å². The molecule has 0 radical (unpaired) electrons. The van der Waals surface area contributed by atoms with Gasteiger partial charge in [-0.25, -0.2) is 13.1 Å². The summed E-state index contributed by atoms with van der Waals surface area (Å²) in [6, 6.07) is 1.15. The number of nitrogens with two attached hydrogens (primary N) is 1. The molecular weight excluding hydrogens is 316 g/mol. The number of nitrogens with zero attached hydrogens (tertiary/aromatic N) is 1. The van der Waals surface area contributed by atoms with Gasteiger partial charge in [-0.15, -0.1) is 12.4 Å². The van der Waals surface area contributed by atoms with Crippen molar-refractivity contribution in [2.24, 2.45) is 18.7 Å². The fourth-order valence-corrected chi connectivity index (χ4v) is 3.75. The summed E-state index contributed by atoms with van der Waals surface area (Å²) >= 11 is 0. The predicted octanol–water partition coefficient (Wildman–Crippen LogP) is -0.178. The minimum atomic E-state index is -3.65. The second-order valence-corrected chi connectivity index (χ2v) is 6.95. The first kappa shape index (κ1) is 18.0. The van der Waals surface area contributed by atoms with E-state index >= 15 is 0 Å². The third-order valence-corrected chi connectivity index (χ3v) is 5.13. The van der Waals surface area contributed by atoms with E-state index in [9.17, 15) is 13.2 Å². The van der Waals surface area contributed by atoms with Crippen molar-refractivity contribution in [3.8, 4) is 0 Å². The maximum Gasteiger partial charge on any atom is 0.265 e. The van der Waals surface area contributed by atoms with Crippen LogP contribution in [0.15, 0.2) is 17.2 Å². The number of halogens is 1. The molecule has 1 saturated heterocycles. The standard InChI is InChI=1S/C12H20N4O3S.ClH/c1-8-3-4-14-6-10(8)15-20(18,19)9-5-11(12(13)17)16(2)7-9;/h5,7-8,10,14-15H,3-4,6H2,1-2H3,(H2,13,17);1H. The van der Waals surface area contributed by atoms with E-state index < -0.39 is 15.9 Å². The molecule has 0 aliphatic carbocycles. The first-order valence-corrected chi connectivity index (χ1v) is 7.99. The highest BCUT2D eigenvalue weighted by molar-refractivity contribution is 7.89. The van der Waals surface area contributed by atoms with Gasteiger partial charge in [-0.2, -0.15) is 0 Å². The van der Waals surface area contributed by atoms with Crippen LogP contribution in [0.3, 0.4) is 0 Å². The normalized spacial score (nSPS) is 22.6. The zero-order valence-electron chi connectivity index (χ0n) is 12.0. The molecule has 1 amide bonds. The minimum absolute atomic E-state index is 0. The van der Waals surface area contributed by atoms with Gasteiger partial charge in [0.05, 0.1) is 0 Å². The fraction of sp³-hybridized carbons (Fsp3) is 0.583. The molecule has 2 rings (SSSR count). The van der Waals surface area contributed by atoms with E-state index in [0.29, 0.717) is 6.54 Å². The Morgan fingerprint density at radius 1 is 1.52 bits per heavy atom. The quantitative estimate of drug-likeness (QED) is 0.709. The molecule has 0 spiro atoms. The monoisotopic (exact) mass is 336 g/mol. The third kappa shape index (κ3) is 3.97. The molecule has 0 saturated carbocycles. The number of rotatable bonds is 4. The number of aromatic nitrogens is 1. The summed E-state index contributed by atoms with van der Waals surface area (Å²) in [7, 11) is -2.06. The van der Waals surface area contributed by atoms with Gasteiger partial charge in [-0.1, -0.05) is 6.92 Å². The molecule has 1 aromatic heterocycles. The summed E-state index contributed by atoms with van der Waals surface area (Å²) in [6.07, 6.45) is 2.32. The number of aryl methyl sites for hydroxylation is 1. The average molecular weight is 337 g/mol. The Kier molecular flexibility index (Phi) is 5.80. The Balaban J connectivity index is 0.00000220. The van der Waals surface area contributed by atoms with Crippen molar-refractivity contribution < 1.29 is 13.2 Å². The number of piperidine rings is 1. The number of amides is 1. The van der Waals surface area contributed by atoms with Gasteiger partial charge < -0.3 is 15.6 Å². The third-order valence-electron chi connectivity index (χ3n) is 3.68. The number of hydrogen-bond donors (Lipinski definition) is 3. The highest BCUT2D eigenvalue weighted by Crippen LogP contribution is 2.17. The van der Waals surface area contributed by atoms with Gasteiger partial charge >= 0.3 is 0 Å². The van der Waals surface area contributed by atoms with Crippen LogP contribution in [0.2, 0.25) is 0 Å². The summed E-state index contributed by atoms with van der Waals surface area (Å²) in [5.41, 5.74) is 5.36. The summed E-state index contributed by atoms with van der Waals surface area (Å²) in [6.45, 7) is 3.53. The minimum Gasteiger partial charge on any atom is -0.364 e.